The SMILES string of the molecule is CCOC(CCNC(=NC)NC1CCN(CC(F)F)CC1)C(C)C. The third-order valence-corrected chi connectivity index (χ3v) is 4.39. The van der Waals surface area contributed by atoms with Crippen LogP contribution in [0.4, 0.5) is 8.78 Å². The lowest BCUT2D eigenvalue weighted by molar-refractivity contribution is 0.0258. The third-order valence-electron chi connectivity index (χ3n) is 4.39. The van der Waals surface area contributed by atoms with Crippen LogP contribution in [0.3, 0.4) is 0 Å². The zero-order valence-corrected chi connectivity index (χ0v) is 15.5. The van der Waals surface area contributed by atoms with Gasteiger partial charge in [-0.15, -0.1) is 0 Å². The van der Waals surface area contributed by atoms with Gasteiger partial charge in [-0.05, 0) is 32.1 Å². The van der Waals surface area contributed by atoms with Gasteiger partial charge in [-0.3, -0.25) is 9.89 Å². The molecule has 0 saturated carbocycles. The number of piperidine rings is 1. The van der Waals surface area contributed by atoms with Gasteiger partial charge in [0, 0.05) is 39.3 Å². The molecule has 1 aliphatic heterocycles. The largest absolute Gasteiger partial charge is 0.378 e. The molecule has 1 heterocycles. The highest BCUT2D eigenvalue weighted by molar-refractivity contribution is 5.79. The van der Waals surface area contributed by atoms with Gasteiger partial charge < -0.3 is 15.4 Å². The zero-order valence-electron chi connectivity index (χ0n) is 15.5. The number of nitrogens with zero attached hydrogens (tertiary/aromatic N) is 2. The molecular formula is C17H34F2N4O. The molecule has 1 aliphatic rings. The summed E-state index contributed by atoms with van der Waals surface area (Å²) < 4.78 is 30.5. The van der Waals surface area contributed by atoms with Crippen LogP contribution >= 0.6 is 0 Å². The molecule has 1 unspecified atom stereocenters. The summed E-state index contributed by atoms with van der Waals surface area (Å²) in [5, 5.41) is 6.73. The molecule has 142 valence electrons. The quantitative estimate of drug-likeness (QED) is 0.496. The van der Waals surface area contributed by atoms with Crippen molar-refractivity contribution in [3.63, 3.8) is 0 Å². The van der Waals surface area contributed by atoms with Crippen molar-refractivity contribution in [3.8, 4) is 0 Å². The van der Waals surface area contributed by atoms with Crippen molar-refractivity contribution in [3.05, 3.63) is 0 Å². The highest BCUT2D eigenvalue weighted by Crippen LogP contribution is 2.12. The predicted molar refractivity (Wildman–Crippen MR) is 94.8 cm³/mol. The molecule has 7 heteroatoms. The maximum atomic E-state index is 12.4. The minimum absolute atomic E-state index is 0.117. The number of aliphatic imine (C=N–C) groups is 1. The maximum Gasteiger partial charge on any atom is 0.251 e. The van der Waals surface area contributed by atoms with Crippen LogP contribution in [-0.2, 0) is 4.74 Å². The standard InChI is InChI=1S/C17H34F2N4O/c1-5-24-15(13(2)3)6-9-21-17(20-4)22-14-7-10-23(11-8-14)12-16(18)19/h13-16H,5-12H2,1-4H3,(H2,20,21,22). The molecule has 0 bridgehead atoms. The van der Waals surface area contributed by atoms with Crippen LogP contribution in [0.15, 0.2) is 4.99 Å². The molecule has 5 nitrogen and oxygen atoms in total. The van der Waals surface area contributed by atoms with E-state index in [0.29, 0.717) is 19.0 Å². The Kier molecular flexibility index (Phi) is 10.2. The van der Waals surface area contributed by atoms with Gasteiger partial charge in [0.25, 0.3) is 6.43 Å². The van der Waals surface area contributed by atoms with Crippen molar-refractivity contribution in [2.45, 2.75) is 58.6 Å². The fourth-order valence-corrected chi connectivity index (χ4v) is 3.00. The summed E-state index contributed by atoms with van der Waals surface area (Å²) in [7, 11) is 1.75. The smallest absolute Gasteiger partial charge is 0.251 e. The number of guanidine groups is 1. The summed E-state index contributed by atoms with van der Waals surface area (Å²) in [5.41, 5.74) is 0. The van der Waals surface area contributed by atoms with E-state index in [0.717, 1.165) is 38.4 Å². The molecule has 1 atom stereocenters. The first-order valence-electron chi connectivity index (χ1n) is 9.05. The summed E-state index contributed by atoms with van der Waals surface area (Å²) in [6.45, 7) is 9.18. The second-order valence-electron chi connectivity index (χ2n) is 6.64. The van der Waals surface area contributed by atoms with E-state index in [1.54, 1.807) is 7.05 Å². The van der Waals surface area contributed by atoms with E-state index >= 15 is 0 Å². The van der Waals surface area contributed by atoms with Gasteiger partial charge >= 0.3 is 0 Å². The summed E-state index contributed by atoms with van der Waals surface area (Å²) in [6.07, 6.45) is 0.655. The van der Waals surface area contributed by atoms with Crippen LogP contribution in [0.25, 0.3) is 0 Å². The zero-order chi connectivity index (χ0) is 17.9. The second-order valence-corrected chi connectivity index (χ2v) is 6.64. The van der Waals surface area contributed by atoms with E-state index in [-0.39, 0.29) is 18.7 Å². The molecule has 0 aromatic carbocycles. The topological polar surface area (TPSA) is 48.9 Å². The molecule has 0 amide bonds. The number of rotatable bonds is 9. The van der Waals surface area contributed by atoms with Crippen LogP contribution in [0.2, 0.25) is 0 Å². The van der Waals surface area contributed by atoms with Crippen molar-refractivity contribution in [1.82, 2.24) is 15.5 Å². The Morgan fingerprint density at radius 3 is 2.46 bits per heavy atom. The minimum Gasteiger partial charge on any atom is -0.378 e. The predicted octanol–water partition coefficient (Wildman–Crippen LogP) is 2.33. The first-order chi connectivity index (χ1) is 11.5. The number of hydrogen-bond acceptors (Lipinski definition) is 3. The van der Waals surface area contributed by atoms with E-state index < -0.39 is 6.43 Å². The van der Waals surface area contributed by atoms with E-state index in [2.05, 4.69) is 29.5 Å². The lowest BCUT2D eigenvalue weighted by Crippen LogP contribution is -2.49. The normalized spacial score (nSPS) is 19.1. The molecular weight excluding hydrogens is 314 g/mol. The Balaban J connectivity index is 2.28. The Hall–Kier alpha value is -0.950. The minimum atomic E-state index is -2.25. The highest BCUT2D eigenvalue weighted by atomic mass is 19.3. The molecule has 24 heavy (non-hydrogen) atoms. The van der Waals surface area contributed by atoms with Crippen molar-refractivity contribution in [2.75, 3.05) is 39.8 Å². The molecule has 0 spiro atoms. The monoisotopic (exact) mass is 348 g/mol. The molecule has 0 aromatic rings. The molecule has 1 saturated heterocycles. The fraction of sp³-hybridized carbons (Fsp3) is 0.941. The average molecular weight is 348 g/mol. The molecule has 0 aliphatic carbocycles. The molecule has 0 aromatic heterocycles. The lowest BCUT2D eigenvalue weighted by atomic mass is 10.0. The van der Waals surface area contributed by atoms with E-state index in [9.17, 15) is 8.78 Å². The van der Waals surface area contributed by atoms with Gasteiger partial charge in [0.1, 0.15) is 0 Å². The Morgan fingerprint density at radius 1 is 1.29 bits per heavy atom. The lowest BCUT2D eigenvalue weighted by Gasteiger charge is -2.32. The van der Waals surface area contributed by atoms with E-state index in [4.69, 9.17) is 4.74 Å². The fourth-order valence-electron chi connectivity index (χ4n) is 3.00. The second kappa shape index (κ2) is 11.6. The number of halogens is 2. The van der Waals surface area contributed by atoms with Gasteiger partial charge in [0.05, 0.1) is 12.6 Å². The summed E-state index contributed by atoms with van der Waals surface area (Å²) >= 11 is 0. The van der Waals surface area contributed by atoms with Gasteiger partial charge in [0.15, 0.2) is 5.96 Å². The van der Waals surface area contributed by atoms with E-state index in [1.807, 2.05) is 11.8 Å². The first-order valence-corrected chi connectivity index (χ1v) is 9.05. The van der Waals surface area contributed by atoms with Gasteiger partial charge in [-0.2, -0.15) is 0 Å². The molecule has 2 N–H and O–H groups in total. The van der Waals surface area contributed by atoms with E-state index in [1.165, 1.54) is 0 Å². The van der Waals surface area contributed by atoms with Crippen molar-refractivity contribution in [2.24, 2.45) is 10.9 Å². The summed E-state index contributed by atoms with van der Waals surface area (Å²) in [5.74, 6) is 1.27. The van der Waals surface area contributed by atoms with Gasteiger partial charge in [-0.25, -0.2) is 8.78 Å². The number of likely N-dealkylation sites (tertiary alicyclic amines) is 1. The van der Waals surface area contributed by atoms with Crippen LogP contribution < -0.4 is 10.6 Å². The molecule has 0 radical (unpaired) electrons. The Bertz CT molecular complexity index is 358. The summed E-state index contributed by atoms with van der Waals surface area (Å²) in [4.78, 5) is 6.08. The Morgan fingerprint density at radius 2 is 1.96 bits per heavy atom. The number of nitrogens with one attached hydrogen (secondary N) is 2. The third kappa shape index (κ3) is 8.24. The Labute approximate surface area is 145 Å². The van der Waals surface area contributed by atoms with Crippen LogP contribution in [-0.4, -0.2) is 69.3 Å². The average Bonchev–Trinajstić information content (AvgIpc) is 2.54. The van der Waals surface area contributed by atoms with Crippen molar-refractivity contribution < 1.29 is 13.5 Å². The van der Waals surface area contributed by atoms with Crippen LogP contribution in [0.1, 0.15) is 40.0 Å². The number of alkyl halides is 2. The maximum absolute atomic E-state index is 12.4. The molecule has 1 fully saturated rings. The van der Waals surface area contributed by atoms with Crippen molar-refractivity contribution >= 4 is 5.96 Å². The molecule has 1 rings (SSSR count). The van der Waals surface area contributed by atoms with Crippen molar-refractivity contribution in [1.29, 1.82) is 0 Å². The number of hydrogen-bond donors (Lipinski definition) is 2. The van der Waals surface area contributed by atoms with Crippen LogP contribution in [0, 0.1) is 5.92 Å². The first kappa shape index (κ1) is 21.1. The van der Waals surface area contributed by atoms with Gasteiger partial charge in [-0.1, -0.05) is 13.8 Å². The highest BCUT2D eigenvalue weighted by Gasteiger charge is 2.22. The summed E-state index contributed by atoms with van der Waals surface area (Å²) in [6, 6.07) is 0.290. The van der Waals surface area contributed by atoms with Crippen LogP contribution in [0.5, 0.6) is 0 Å². The number of ether oxygens (including phenoxy) is 1. The van der Waals surface area contributed by atoms with Gasteiger partial charge in [0.2, 0.25) is 0 Å².